The Morgan fingerprint density at radius 2 is 1.00 bits per heavy atom. The Labute approximate surface area is 209 Å². The molecule has 0 fully saturated rings. The van der Waals surface area contributed by atoms with Crippen LogP contribution < -0.4 is 0 Å². The van der Waals surface area contributed by atoms with E-state index >= 15 is 0 Å². The van der Waals surface area contributed by atoms with Crippen LogP contribution >= 0.6 is 7.60 Å². The van der Waals surface area contributed by atoms with Crippen LogP contribution in [0.2, 0.25) is 0 Å². The lowest BCUT2D eigenvalue weighted by Gasteiger charge is -2.22. The first-order chi connectivity index (χ1) is 16.1. The molecule has 0 spiro atoms. The normalized spacial score (nSPS) is 14.4. The molecule has 0 amide bonds. The minimum absolute atomic E-state index is 0.509. The highest BCUT2D eigenvalue weighted by molar-refractivity contribution is 7.53. The van der Waals surface area contributed by atoms with Crippen molar-refractivity contribution in [1.29, 1.82) is 0 Å². The molecule has 0 aromatic carbocycles. The third-order valence-electron chi connectivity index (χ3n) is 6.87. The quantitative estimate of drug-likeness (QED) is 0.0851. The minimum Gasteiger partial charge on any atom is -0.309 e. The summed E-state index contributed by atoms with van der Waals surface area (Å²) in [6, 6.07) is 0. The fourth-order valence-corrected chi connectivity index (χ4v) is 6.19. The zero-order valence-electron chi connectivity index (χ0n) is 23.2. The van der Waals surface area contributed by atoms with Gasteiger partial charge in [0.2, 0.25) is 0 Å². The molecule has 2 unspecified atom stereocenters. The van der Waals surface area contributed by atoms with Crippen LogP contribution in [0, 0.1) is 5.92 Å². The van der Waals surface area contributed by atoms with Gasteiger partial charge in [0.25, 0.3) is 0 Å². The second kappa shape index (κ2) is 25.2. The first-order valence-electron chi connectivity index (χ1n) is 15.0. The molecule has 0 N–H and O–H groups in total. The van der Waals surface area contributed by atoms with Gasteiger partial charge in [-0.25, -0.2) is 0 Å². The largest absolute Gasteiger partial charge is 0.330 e. The van der Waals surface area contributed by atoms with Crippen molar-refractivity contribution in [3.63, 3.8) is 0 Å². The molecule has 0 heterocycles. The van der Waals surface area contributed by atoms with E-state index in [2.05, 4.69) is 27.7 Å². The van der Waals surface area contributed by atoms with E-state index in [-0.39, 0.29) is 0 Å². The van der Waals surface area contributed by atoms with Gasteiger partial charge in [0.1, 0.15) is 0 Å². The molecule has 0 saturated heterocycles. The number of unbranched alkanes of at least 4 members (excludes halogenated alkanes) is 16. The highest BCUT2D eigenvalue weighted by Crippen LogP contribution is 2.49. The average molecular weight is 489 g/mol. The molecule has 0 aliphatic carbocycles. The van der Waals surface area contributed by atoms with Crippen LogP contribution in [0.3, 0.4) is 0 Å². The van der Waals surface area contributed by atoms with Gasteiger partial charge in [-0.05, 0) is 25.2 Å². The SMILES string of the molecule is CCCCCCCCCCCCCCCCCOP(=O)(CCCC)OCC(CC)CCCC. The maximum atomic E-state index is 13.2. The van der Waals surface area contributed by atoms with Crippen molar-refractivity contribution in [2.75, 3.05) is 19.4 Å². The summed E-state index contributed by atoms with van der Waals surface area (Å²) < 4.78 is 25.0. The van der Waals surface area contributed by atoms with Crippen molar-refractivity contribution in [2.24, 2.45) is 5.92 Å². The molecular weight excluding hydrogens is 427 g/mol. The van der Waals surface area contributed by atoms with E-state index < -0.39 is 7.60 Å². The highest BCUT2D eigenvalue weighted by Gasteiger charge is 2.25. The van der Waals surface area contributed by atoms with Crippen LogP contribution in [0.1, 0.15) is 163 Å². The monoisotopic (exact) mass is 488 g/mol. The molecule has 0 aromatic rings. The molecule has 0 aromatic heterocycles. The molecular formula is C29H61O3P. The van der Waals surface area contributed by atoms with Gasteiger partial charge in [0.15, 0.2) is 0 Å². The summed E-state index contributed by atoms with van der Waals surface area (Å²) in [7, 11) is -2.92. The van der Waals surface area contributed by atoms with Crippen molar-refractivity contribution < 1.29 is 13.6 Å². The zero-order valence-corrected chi connectivity index (χ0v) is 24.1. The molecule has 4 heteroatoms. The van der Waals surface area contributed by atoms with Gasteiger partial charge in [-0.2, -0.15) is 0 Å². The van der Waals surface area contributed by atoms with Crippen LogP contribution in [0.4, 0.5) is 0 Å². The van der Waals surface area contributed by atoms with E-state index in [1.165, 1.54) is 109 Å². The summed E-state index contributed by atoms with van der Waals surface area (Å²) in [5.41, 5.74) is 0. The summed E-state index contributed by atoms with van der Waals surface area (Å²) in [5.74, 6) is 0.509. The first kappa shape index (κ1) is 33.1. The van der Waals surface area contributed by atoms with Gasteiger partial charge >= 0.3 is 7.60 Å². The van der Waals surface area contributed by atoms with Crippen LogP contribution in [0.15, 0.2) is 0 Å². The Hall–Kier alpha value is 0.150. The number of hydrogen-bond acceptors (Lipinski definition) is 3. The van der Waals surface area contributed by atoms with E-state index in [9.17, 15) is 4.57 Å². The smallest absolute Gasteiger partial charge is 0.309 e. The zero-order chi connectivity index (χ0) is 24.5. The van der Waals surface area contributed by atoms with Crippen LogP contribution in [-0.4, -0.2) is 19.4 Å². The van der Waals surface area contributed by atoms with Crippen LogP contribution in [0.5, 0.6) is 0 Å². The molecule has 33 heavy (non-hydrogen) atoms. The fourth-order valence-electron chi connectivity index (χ4n) is 4.31. The van der Waals surface area contributed by atoms with Crippen molar-refractivity contribution in [3.05, 3.63) is 0 Å². The molecule has 0 radical (unpaired) electrons. The van der Waals surface area contributed by atoms with Gasteiger partial charge in [0.05, 0.1) is 19.4 Å². The van der Waals surface area contributed by atoms with Crippen LogP contribution in [0.25, 0.3) is 0 Å². The molecule has 2 atom stereocenters. The third kappa shape index (κ3) is 22.4. The van der Waals surface area contributed by atoms with E-state index in [0.29, 0.717) is 25.3 Å². The van der Waals surface area contributed by atoms with Gasteiger partial charge in [-0.15, -0.1) is 0 Å². The predicted molar refractivity (Wildman–Crippen MR) is 148 cm³/mol. The van der Waals surface area contributed by atoms with E-state index in [1.54, 1.807) is 0 Å². The number of rotatable bonds is 27. The Morgan fingerprint density at radius 3 is 1.45 bits per heavy atom. The summed E-state index contributed by atoms with van der Waals surface area (Å²) in [4.78, 5) is 0. The van der Waals surface area contributed by atoms with Gasteiger partial charge in [0, 0.05) is 0 Å². The highest BCUT2D eigenvalue weighted by atomic mass is 31.2. The molecule has 0 aliphatic rings. The maximum Gasteiger partial charge on any atom is 0.330 e. The summed E-state index contributed by atoms with van der Waals surface area (Å²) in [5, 5.41) is 0. The van der Waals surface area contributed by atoms with Crippen molar-refractivity contribution in [2.45, 2.75) is 163 Å². The fraction of sp³-hybridized carbons (Fsp3) is 1.00. The standard InChI is InChI=1S/C29H61O3P/c1-5-9-12-13-14-15-16-17-18-19-20-21-22-23-24-26-31-33(30,27-11-7-3)32-28-29(8-4)25-10-6-2/h29H,5-28H2,1-4H3. The van der Waals surface area contributed by atoms with Crippen molar-refractivity contribution in [3.8, 4) is 0 Å². The Balaban J connectivity index is 3.74. The Kier molecular flexibility index (Phi) is 25.4. The lowest BCUT2D eigenvalue weighted by Crippen LogP contribution is -2.10. The van der Waals surface area contributed by atoms with Gasteiger partial charge in [-0.3, -0.25) is 4.57 Å². The van der Waals surface area contributed by atoms with Gasteiger partial charge < -0.3 is 9.05 Å². The van der Waals surface area contributed by atoms with Gasteiger partial charge in [-0.1, -0.05) is 143 Å². The topological polar surface area (TPSA) is 35.5 Å². The molecule has 3 nitrogen and oxygen atoms in total. The summed E-state index contributed by atoms with van der Waals surface area (Å²) in [6.45, 7) is 10.0. The first-order valence-corrected chi connectivity index (χ1v) is 16.7. The second-order valence-electron chi connectivity index (χ2n) is 10.2. The predicted octanol–water partition coefficient (Wildman–Crippen LogP) is 11.1. The lowest BCUT2D eigenvalue weighted by atomic mass is 10.0. The van der Waals surface area contributed by atoms with Crippen LogP contribution in [-0.2, 0) is 13.6 Å². The van der Waals surface area contributed by atoms with Crippen molar-refractivity contribution in [1.82, 2.24) is 0 Å². The molecule has 0 rings (SSSR count). The summed E-state index contributed by atoms with van der Waals surface area (Å²) >= 11 is 0. The molecule has 0 aliphatic heterocycles. The second-order valence-corrected chi connectivity index (χ2v) is 12.4. The third-order valence-corrected chi connectivity index (χ3v) is 8.85. The number of hydrogen-bond donors (Lipinski definition) is 0. The van der Waals surface area contributed by atoms with Crippen molar-refractivity contribution >= 4 is 7.60 Å². The van der Waals surface area contributed by atoms with E-state index in [1.807, 2.05) is 0 Å². The maximum absolute atomic E-state index is 13.2. The molecule has 0 saturated carbocycles. The minimum atomic E-state index is -2.92. The Bertz CT molecular complexity index is 427. The lowest BCUT2D eigenvalue weighted by molar-refractivity contribution is 0.169. The average Bonchev–Trinajstić information content (AvgIpc) is 2.82. The van der Waals surface area contributed by atoms with E-state index in [0.717, 1.165) is 25.7 Å². The van der Waals surface area contributed by atoms with E-state index in [4.69, 9.17) is 9.05 Å². The molecule has 200 valence electrons. The summed E-state index contributed by atoms with van der Waals surface area (Å²) in [6.07, 6.45) is 27.5. The Morgan fingerprint density at radius 1 is 0.545 bits per heavy atom. The molecule has 0 bridgehead atoms.